The number of likely N-dealkylation sites (N-methyl/N-ethyl adjacent to an activating group) is 1. The maximum atomic E-state index is 11.7. The number of hydrogen-bond donors (Lipinski definition) is 1. The Labute approximate surface area is 107 Å². The van der Waals surface area contributed by atoms with Gasteiger partial charge < -0.3 is 9.84 Å². The van der Waals surface area contributed by atoms with Crippen LogP contribution in [-0.2, 0) is 9.53 Å². The van der Waals surface area contributed by atoms with Crippen LogP contribution in [0.25, 0.3) is 6.08 Å². The van der Waals surface area contributed by atoms with Gasteiger partial charge in [-0.3, -0.25) is 4.90 Å². The van der Waals surface area contributed by atoms with E-state index in [4.69, 9.17) is 9.84 Å². The highest BCUT2D eigenvalue weighted by atomic mass is 16.5. The first-order chi connectivity index (χ1) is 8.67. The Morgan fingerprint density at radius 3 is 2.61 bits per heavy atom. The predicted molar refractivity (Wildman–Crippen MR) is 71.0 cm³/mol. The summed E-state index contributed by atoms with van der Waals surface area (Å²) in [6.45, 7) is 1.03. The second kappa shape index (κ2) is 7.63. The van der Waals surface area contributed by atoms with Gasteiger partial charge in [-0.15, -0.1) is 0 Å². The summed E-state index contributed by atoms with van der Waals surface area (Å²) in [5, 5.41) is 8.86. The van der Waals surface area contributed by atoms with Crippen molar-refractivity contribution in [1.29, 1.82) is 0 Å². The van der Waals surface area contributed by atoms with E-state index in [0.717, 1.165) is 5.56 Å². The molecule has 1 aromatic rings. The number of aliphatic hydroxyl groups excluding tert-OH is 1. The molecule has 0 amide bonds. The molecule has 1 aromatic carbocycles. The van der Waals surface area contributed by atoms with E-state index in [2.05, 4.69) is 0 Å². The molecule has 0 fully saturated rings. The predicted octanol–water partition coefficient (Wildman–Crippen LogP) is 1.17. The van der Waals surface area contributed by atoms with Gasteiger partial charge in [-0.2, -0.15) is 0 Å². The Kier molecular flexibility index (Phi) is 6.11. The van der Waals surface area contributed by atoms with E-state index in [1.165, 1.54) is 7.11 Å². The van der Waals surface area contributed by atoms with Crippen LogP contribution in [0.5, 0.6) is 0 Å². The number of carbonyl (C=O) groups excluding carboxylic acids is 1. The molecule has 0 radical (unpaired) electrons. The lowest BCUT2D eigenvalue weighted by atomic mass is 10.1. The molecule has 0 heterocycles. The summed E-state index contributed by atoms with van der Waals surface area (Å²) < 4.78 is 4.77. The molecule has 0 aliphatic carbocycles. The van der Waals surface area contributed by atoms with Crippen LogP contribution in [0.15, 0.2) is 35.9 Å². The van der Waals surface area contributed by atoms with Crippen LogP contribution in [0.1, 0.15) is 5.56 Å². The Balaban J connectivity index is 2.85. The maximum Gasteiger partial charge on any atom is 0.335 e. The van der Waals surface area contributed by atoms with E-state index in [-0.39, 0.29) is 12.6 Å². The molecule has 0 aromatic heterocycles. The summed E-state index contributed by atoms with van der Waals surface area (Å²) in [6, 6.07) is 9.60. The fraction of sp³-hybridized carbons (Fsp3) is 0.357. The van der Waals surface area contributed by atoms with Crippen molar-refractivity contribution in [3.63, 3.8) is 0 Å². The molecule has 1 N–H and O–H groups in total. The molecule has 0 saturated heterocycles. The Bertz CT molecular complexity index is 401. The van der Waals surface area contributed by atoms with E-state index < -0.39 is 0 Å². The SMILES string of the molecule is COC(=O)/C(=C/c1ccccc1)CN(C)CCO. The standard InChI is InChI=1S/C14H19NO3/c1-15(8-9-16)11-13(14(17)18-2)10-12-6-4-3-5-7-12/h3-7,10,16H,8-9,11H2,1-2H3/b13-10+. The van der Waals surface area contributed by atoms with Gasteiger partial charge in [-0.25, -0.2) is 4.79 Å². The minimum atomic E-state index is -0.344. The first-order valence-electron chi connectivity index (χ1n) is 5.80. The molecule has 0 atom stereocenters. The Hall–Kier alpha value is -1.65. The van der Waals surface area contributed by atoms with Crippen LogP contribution in [0, 0.1) is 0 Å². The number of aliphatic hydroxyl groups is 1. The van der Waals surface area contributed by atoms with Crippen molar-refractivity contribution < 1.29 is 14.6 Å². The van der Waals surface area contributed by atoms with Crippen LogP contribution >= 0.6 is 0 Å². The molecule has 0 aliphatic heterocycles. The van der Waals surface area contributed by atoms with E-state index in [9.17, 15) is 4.79 Å². The Morgan fingerprint density at radius 2 is 2.06 bits per heavy atom. The minimum absolute atomic E-state index is 0.0658. The van der Waals surface area contributed by atoms with Crippen molar-refractivity contribution in [1.82, 2.24) is 4.90 Å². The molecule has 0 unspecified atom stereocenters. The molecular weight excluding hydrogens is 230 g/mol. The fourth-order valence-corrected chi connectivity index (χ4v) is 1.59. The van der Waals surface area contributed by atoms with Crippen LogP contribution in [0.3, 0.4) is 0 Å². The molecule has 4 heteroatoms. The first-order valence-corrected chi connectivity index (χ1v) is 5.80. The summed E-state index contributed by atoms with van der Waals surface area (Å²) in [7, 11) is 3.21. The number of ether oxygens (including phenoxy) is 1. The summed E-state index contributed by atoms with van der Waals surface area (Å²) in [6.07, 6.45) is 1.81. The van der Waals surface area contributed by atoms with Crippen molar-refractivity contribution >= 4 is 12.0 Å². The van der Waals surface area contributed by atoms with Crippen molar-refractivity contribution in [3.05, 3.63) is 41.5 Å². The highest BCUT2D eigenvalue weighted by Crippen LogP contribution is 2.09. The van der Waals surface area contributed by atoms with Crippen molar-refractivity contribution in [3.8, 4) is 0 Å². The van der Waals surface area contributed by atoms with Gasteiger partial charge in [-0.05, 0) is 18.7 Å². The fourth-order valence-electron chi connectivity index (χ4n) is 1.59. The second-order valence-corrected chi connectivity index (χ2v) is 4.03. The molecule has 0 bridgehead atoms. The molecule has 4 nitrogen and oxygen atoms in total. The quantitative estimate of drug-likeness (QED) is 0.607. The van der Waals surface area contributed by atoms with E-state index in [1.54, 1.807) is 6.08 Å². The molecule has 0 aliphatic rings. The molecular formula is C14H19NO3. The van der Waals surface area contributed by atoms with E-state index >= 15 is 0 Å². The number of nitrogens with zero attached hydrogens (tertiary/aromatic N) is 1. The number of esters is 1. The smallest absolute Gasteiger partial charge is 0.335 e. The highest BCUT2D eigenvalue weighted by molar-refractivity contribution is 5.94. The first kappa shape index (κ1) is 14.4. The number of methoxy groups -OCH3 is 1. The lowest BCUT2D eigenvalue weighted by molar-refractivity contribution is -0.136. The average molecular weight is 249 g/mol. The highest BCUT2D eigenvalue weighted by Gasteiger charge is 2.12. The zero-order valence-corrected chi connectivity index (χ0v) is 10.8. The van der Waals surface area contributed by atoms with Gasteiger partial charge in [0.05, 0.1) is 19.3 Å². The van der Waals surface area contributed by atoms with Crippen LogP contribution < -0.4 is 0 Å². The third-order valence-electron chi connectivity index (χ3n) is 2.51. The molecule has 0 saturated carbocycles. The monoisotopic (exact) mass is 249 g/mol. The molecule has 0 spiro atoms. The van der Waals surface area contributed by atoms with Crippen molar-refractivity contribution in [2.45, 2.75) is 0 Å². The van der Waals surface area contributed by atoms with Gasteiger partial charge in [0.15, 0.2) is 0 Å². The van der Waals surface area contributed by atoms with Gasteiger partial charge in [0.2, 0.25) is 0 Å². The lowest BCUT2D eigenvalue weighted by Crippen LogP contribution is -2.27. The van der Waals surface area contributed by atoms with Gasteiger partial charge in [0, 0.05) is 13.1 Å². The summed E-state index contributed by atoms with van der Waals surface area (Å²) in [5.41, 5.74) is 1.52. The van der Waals surface area contributed by atoms with Gasteiger partial charge in [0.25, 0.3) is 0 Å². The van der Waals surface area contributed by atoms with Gasteiger partial charge in [0.1, 0.15) is 0 Å². The van der Waals surface area contributed by atoms with Crippen LogP contribution in [0.2, 0.25) is 0 Å². The largest absolute Gasteiger partial charge is 0.466 e. The van der Waals surface area contributed by atoms with E-state index in [1.807, 2.05) is 42.3 Å². The summed E-state index contributed by atoms with van der Waals surface area (Å²) >= 11 is 0. The topological polar surface area (TPSA) is 49.8 Å². The Morgan fingerprint density at radius 1 is 1.39 bits per heavy atom. The van der Waals surface area contributed by atoms with Crippen LogP contribution in [0.4, 0.5) is 0 Å². The molecule has 1 rings (SSSR count). The third kappa shape index (κ3) is 4.69. The zero-order chi connectivity index (χ0) is 13.4. The van der Waals surface area contributed by atoms with Crippen molar-refractivity contribution in [2.24, 2.45) is 0 Å². The van der Waals surface area contributed by atoms with Gasteiger partial charge in [-0.1, -0.05) is 30.3 Å². The second-order valence-electron chi connectivity index (χ2n) is 4.03. The minimum Gasteiger partial charge on any atom is -0.466 e. The zero-order valence-electron chi connectivity index (χ0n) is 10.8. The number of carbonyl (C=O) groups is 1. The number of benzene rings is 1. The average Bonchev–Trinajstić information content (AvgIpc) is 2.38. The van der Waals surface area contributed by atoms with Crippen LogP contribution in [-0.4, -0.2) is 49.8 Å². The molecule has 98 valence electrons. The van der Waals surface area contributed by atoms with Gasteiger partial charge >= 0.3 is 5.97 Å². The van der Waals surface area contributed by atoms with E-state index in [0.29, 0.717) is 18.7 Å². The summed E-state index contributed by atoms with van der Waals surface area (Å²) in [5.74, 6) is -0.344. The summed E-state index contributed by atoms with van der Waals surface area (Å²) in [4.78, 5) is 13.5. The third-order valence-corrected chi connectivity index (χ3v) is 2.51. The van der Waals surface area contributed by atoms with Crippen molar-refractivity contribution in [2.75, 3.05) is 33.9 Å². The molecule has 18 heavy (non-hydrogen) atoms. The maximum absolute atomic E-state index is 11.7. The normalized spacial score (nSPS) is 11.7. The number of hydrogen-bond acceptors (Lipinski definition) is 4. The lowest BCUT2D eigenvalue weighted by Gasteiger charge is -2.16. The number of rotatable bonds is 6.